The number of carboxylic acids is 1. The van der Waals surface area contributed by atoms with Gasteiger partial charge in [-0.2, -0.15) is 4.31 Å². The minimum absolute atomic E-state index is 0.0471. The van der Waals surface area contributed by atoms with Crippen LogP contribution in [0.4, 0.5) is 0 Å². The Labute approximate surface area is 219 Å². The van der Waals surface area contributed by atoms with E-state index in [0.29, 0.717) is 50.5 Å². The predicted octanol–water partition coefficient (Wildman–Crippen LogP) is 1.11. The normalized spacial score (nSPS) is 17.4. The molecule has 1 aromatic carbocycles. The number of nitrogens with two attached hydrogens (primary N) is 1. The molecule has 1 unspecified atom stereocenters. The first-order valence-corrected chi connectivity index (χ1v) is 14.0. The number of hydrogen-bond acceptors (Lipinski definition) is 9. The molecular weight excluding hydrogens is 502 g/mol. The summed E-state index contributed by atoms with van der Waals surface area (Å²) in [5, 5.41) is 8.74. The molecule has 210 valence electrons. The Morgan fingerprint density at radius 3 is 2.54 bits per heavy atom. The summed E-state index contributed by atoms with van der Waals surface area (Å²) >= 11 is 0. The van der Waals surface area contributed by atoms with Crippen molar-refractivity contribution in [3.8, 4) is 5.75 Å². The lowest BCUT2D eigenvalue weighted by Crippen LogP contribution is -2.47. The monoisotopic (exact) mass is 543 g/mol. The van der Waals surface area contributed by atoms with E-state index in [-0.39, 0.29) is 42.7 Å². The van der Waals surface area contributed by atoms with Gasteiger partial charge in [-0.15, -0.1) is 0 Å². The van der Waals surface area contributed by atoms with Crippen LogP contribution >= 0.6 is 0 Å². The summed E-state index contributed by atoms with van der Waals surface area (Å²) in [6.45, 7) is 8.27. The molecule has 12 nitrogen and oxygen atoms in total. The van der Waals surface area contributed by atoms with E-state index in [4.69, 9.17) is 25.2 Å². The van der Waals surface area contributed by atoms with E-state index >= 15 is 0 Å². The van der Waals surface area contributed by atoms with Crippen LogP contribution in [0.1, 0.15) is 39.2 Å². The van der Waals surface area contributed by atoms with Gasteiger partial charge >= 0.3 is 5.97 Å². The summed E-state index contributed by atoms with van der Waals surface area (Å²) in [5.74, 6) is 5.62. The summed E-state index contributed by atoms with van der Waals surface area (Å²) in [5.41, 5.74) is 2.96. The van der Waals surface area contributed by atoms with Gasteiger partial charge in [-0.1, -0.05) is 20.3 Å². The van der Waals surface area contributed by atoms with Crippen molar-refractivity contribution >= 4 is 21.8 Å². The minimum Gasteiger partial charge on any atom is -0.493 e. The second-order valence-electron chi connectivity index (χ2n) is 8.90. The van der Waals surface area contributed by atoms with Crippen LogP contribution in [-0.2, 0) is 24.3 Å². The van der Waals surface area contributed by atoms with Crippen molar-refractivity contribution in [2.75, 3.05) is 59.8 Å². The van der Waals surface area contributed by atoms with E-state index in [1.807, 2.05) is 27.8 Å². The number of sulfonamides is 1. The molecule has 0 amide bonds. The molecule has 1 heterocycles. The Morgan fingerprint density at radius 1 is 1.24 bits per heavy atom. The molecule has 37 heavy (non-hydrogen) atoms. The third kappa shape index (κ3) is 9.20. The van der Waals surface area contributed by atoms with Gasteiger partial charge in [-0.3, -0.25) is 0 Å². The number of rotatable bonds is 15. The molecule has 0 saturated carbocycles. The van der Waals surface area contributed by atoms with Crippen molar-refractivity contribution in [2.24, 2.45) is 16.8 Å². The lowest BCUT2D eigenvalue weighted by molar-refractivity contribution is -0.142. The largest absolute Gasteiger partial charge is 0.493 e. The van der Waals surface area contributed by atoms with Crippen LogP contribution in [-0.4, -0.2) is 100 Å². The molecule has 1 aliphatic heterocycles. The van der Waals surface area contributed by atoms with Gasteiger partial charge in [-0.05, 0) is 44.5 Å². The highest BCUT2D eigenvalue weighted by molar-refractivity contribution is 7.89. The maximum absolute atomic E-state index is 13.3. The van der Waals surface area contributed by atoms with Crippen LogP contribution in [0.25, 0.3) is 0 Å². The van der Waals surface area contributed by atoms with Gasteiger partial charge in [0.05, 0.1) is 23.2 Å². The molecule has 0 radical (unpaired) electrons. The van der Waals surface area contributed by atoms with Gasteiger partial charge in [0.1, 0.15) is 24.9 Å². The molecular formula is C24H41N5O7S. The summed E-state index contributed by atoms with van der Waals surface area (Å²) in [6, 6.07) is 4.66. The zero-order chi connectivity index (χ0) is 27.4. The highest BCUT2D eigenvalue weighted by atomic mass is 32.2. The SMILES string of the molecule is CCOc1ccc(S(=O)(=O)N2CCN(C)CC2)cc1C(=NCO[C@@H](CCOCC(=O)O)C(C)CC)NN. The van der Waals surface area contributed by atoms with Gasteiger partial charge in [-0.25, -0.2) is 24.0 Å². The topological polar surface area (TPSA) is 156 Å². The first-order chi connectivity index (χ1) is 17.6. The number of amidine groups is 1. The second kappa shape index (κ2) is 15.2. The molecule has 0 aliphatic carbocycles. The van der Waals surface area contributed by atoms with E-state index in [9.17, 15) is 13.2 Å². The maximum atomic E-state index is 13.3. The van der Waals surface area contributed by atoms with Crippen LogP contribution in [0.15, 0.2) is 28.1 Å². The summed E-state index contributed by atoms with van der Waals surface area (Å²) in [6.07, 6.45) is 1.15. The van der Waals surface area contributed by atoms with Crippen molar-refractivity contribution in [1.82, 2.24) is 14.6 Å². The molecule has 2 rings (SSSR count). The van der Waals surface area contributed by atoms with Crippen LogP contribution < -0.4 is 16.0 Å². The second-order valence-corrected chi connectivity index (χ2v) is 10.8. The lowest BCUT2D eigenvalue weighted by atomic mass is 9.99. The molecule has 0 spiro atoms. The summed E-state index contributed by atoms with van der Waals surface area (Å²) in [7, 11) is -1.74. The van der Waals surface area contributed by atoms with E-state index in [1.165, 1.54) is 16.4 Å². The number of hydrogen-bond donors (Lipinski definition) is 3. The first-order valence-electron chi connectivity index (χ1n) is 12.5. The smallest absolute Gasteiger partial charge is 0.329 e. The Kier molecular flexibility index (Phi) is 12.7. The average molecular weight is 544 g/mol. The number of benzene rings is 1. The number of nitrogens with one attached hydrogen (secondary N) is 1. The number of nitrogens with zero attached hydrogens (tertiary/aromatic N) is 3. The number of aliphatic carboxylic acids is 1. The van der Waals surface area contributed by atoms with E-state index < -0.39 is 16.0 Å². The van der Waals surface area contributed by atoms with Crippen molar-refractivity contribution in [2.45, 2.75) is 44.6 Å². The molecule has 0 bridgehead atoms. The van der Waals surface area contributed by atoms with Gasteiger partial charge in [0.15, 0.2) is 0 Å². The van der Waals surface area contributed by atoms with E-state index in [0.717, 1.165) is 6.42 Å². The number of ether oxygens (including phenoxy) is 3. The quantitative estimate of drug-likeness (QED) is 0.0963. The minimum atomic E-state index is -3.71. The molecule has 0 aromatic heterocycles. The van der Waals surface area contributed by atoms with E-state index in [1.54, 1.807) is 6.07 Å². The Hall–Kier alpha value is -2.29. The first kappa shape index (κ1) is 30.9. The maximum Gasteiger partial charge on any atom is 0.329 e. The van der Waals surface area contributed by atoms with Crippen molar-refractivity contribution < 1.29 is 32.5 Å². The van der Waals surface area contributed by atoms with Crippen molar-refractivity contribution in [3.63, 3.8) is 0 Å². The number of likely N-dealkylation sites (N-methyl/N-ethyl adjacent to an activating group) is 1. The number of hydrazine groups is 1. The molecule has 1 aromatic rings. The fraction of sp³-hybridized carbons (Fsp3) is 0.667. The average Bonchev–Trinajstić information content (AvgIpc) is 2.88. The predicted molar refractivity (Wildman–Crippen MR) is 140 cm³/mol. The number of piperazine rings is 1. The standard InChI is InChI=1S/C24H41N5O7S/c1-5-18(3)21(9-14-34-16-23(30)31)36-17-26-24(27-25)20-15-19(7-8-22(20)35-6-2)37(32,33)29-12-10-28(4)11-13-29/h7-8,15,18,21H,5-6,9-14,16-17,25H2,1-4H3,(H,26,27)(H,30,31)/t18?,21-/m0/s1. The van der Waals surface area contributed by atoms with E-state index in [2.05, 4.69) is 15.3 Å². The zero-order valence-electron chi connectivity index (χ0n) is 22.2. The third-order valence-corrected chi connectivity index (χ3v) is 8.20. The molecule has 2 atom stereocenters. The Balaban J connectivity index is 2.23. The molecule has 4 N–H and O–H groups in total. The number of aliphatic imine (C=N–C) groups is 1. The molecule has 13 heteroatoms. The van der Waals surface area contributed by atoms with Crippen LogP contribution in [0.2, 0.25) is 0 Å². The number of carbonyl (C=O) groups is 1. The van der Waals surface area contributed by atoms with Gasteiger partial charge in [0.2, 0.25) is 10.0 Å². The van der Waals surface area contributed by atoms with Crippen molar-refractivity contribution in [3.05, 3.63) is 23.8 Å². The molecule has 1 saturated heterocycles. The third-order valence-electron chi connectivity index (χ3n) is 6.30. The van der Waals surface area contributed by atoms with Crippen LogP contribution in [0.5, 0.6) is 5.75 Å². The zero-order valence-corrected chi connectivity index (χ0v) is 23.0. The van der Waals surface area contributed by atoms with Gasteiger partial charge in [0.25, 0.3) is 0 Å². The fourth-order valence-electron chi connectivity index (χ4n) is 3.87. The fourth-order valence-corrected chi connectivity index (χ4v) is 5.32. The summed E-state index contributed by atoms with van der Waals surface area (Å²) < 4.78 is 44.9. The lowest BCUT2D eigenvalue weighted by Gasteiger charge is -2.31. The van der Waals surface area contributed by atoms with Gasteiger partial charge in [0, 0.05) is 32.8 Å². The Morgan fingerprint density at radius 2 is 1.95 bits per heavy atom. The summed E-state index contributed by atoms with van der Waals surface area (Å²) in [4.78, 5) is 17.3. The van der Waals surface area contributed by atoms with Crippen LogP contribution in [0, 0.1) is 5.92 Å². The number of carboxylic acid groups (broad SMARTS) is 1. The van der Waals surface area contributed by atoms with Crippen molar-refractivity contribution in [1.29, 1.82) is 0 Å². The van der Waals surface area contributed by atoms with Gasteiger partial charge < -0.3 is 29.6 Å². The molecule has 1 aliphatic rings. The highest BCUT2D eigenvalue weighted by Gasteiger charge is 2.28. The Bertz CT molecular complexity index is 997. The highest BCUT2D eigenvalue weighted by Crippen LogP contribution is 2.26. The van der Waals surface area contributed by atoms with Crippen LogP contribution in [0.3, 0.4) is 0 Å². The molecule has 1 fully saturated rings.